The van der Waals surface area contributed by atoms with Gasteiger partial charge in [0.05, 0.1) is 10.6 Å². The third-order valence-electron chi connectivity index (χ3n) is 2.00. The topological polar surface area (TPSA) is 94.9 Å². The number of hydrogen-bond donors (Lipinski definition) is 1. The first kappa shape index (κ1) is 10.0. The first-order valence-corrected chi connectivity index (χ1v) is 4.51. The van der Waals surface area contributed by atoms with Crippen molar-refractivity contribution in [2.45, 2.75) is 0 Å². The number of nitrogens with zero attached hydrogens (tertiary/aromatic N) is 3. The van der Waals surface area contributed by atoms with E-state index in [0.29, 0.717) is 5.69 Å². The Labute approximate surface area is 90.9 Å². The molecule has 0 aliphatic carbocycles. The maximum absolute atomic E-state index is 10.8. The number of nitrogen functional groups attached to an aromatic ring is 1. The lowest BCUT2D eigenvalue weighted by molar-refractivity contribution is -0.384. The highest BCUT2D eigenvalue weighted by atomic mass is 16.6. The molecule has 0 radical (unpaired) electrons. The Morgan fingerprint density at radius 1 is 1.25 bits per heavy atom. The molecule has 6 nitrogen and oxygen atoms in total. The number of pyridine rings is 2. The van der Waals surface area contributed by atoms with Crippen LogP contribution < -0.4 is 5.73 Å². The highest BCUT2D eigenvalue weighted by Gasteiger charge is 2.17. The molecule has 0 aromatic carbocycles. The molecule has 80 valence electrons. The molecule has 0 unspecified atom stereocenters. The maximum Gasteiger partial charge on any atom is 0.297 e. The zero-order valence-electron chi connectivity index (χ0n) is 8.20. The number of hydrogen-bond acceptors (Lipinski definition) is 5. The fraction of sp³-hybridized carbons (Fsp3) is 0. The van der Waals surface area contributed by atoms with Crippen molar-refractivity contribution in [1.29, 1.82) is 0 Å². The van der Waals surface area contributed by atoms with Gasteiger partial charge in [0.1, 0.15) is 5.82 Å². The minimum Gasteiger partial charge on any atom is -0.384 e. The third kappa shape index (κ3) is 1.81. The van der Waals surface area contributed by atoms with Gasteiger partial charge in [0.2, 0.25) is 0 Å². The quantitative estimate of drug-likeness (QED) is 0.608. The minimum absolute atomic E-state index is 0.104. The van der Waals surface area contributed by atoms with E-state index in [1.165, 1.54) is 12.1 Å². The van der Waals surface area contributed by atoms with E-state index >= 15 is 0 Å². The normalized spacial score (nSPS) is 10.0. The summed E-state index contributed by atoms with van der Waals surface area (Å²) < 4.78 is 0. The molecule has 0 saturated carbocycles. The van der Waals surface area contributed by atoms with Crippen LogP contribution in [0.1, 0.15) is 0 Å². The average Bonchev–Trinajstić information content (AvgIpc) is 2.29. The molecule has 0 saturated heterocycles. The van der Waals surface area contributed by atoms with Crippen molar-refractivity contribution in [3.8, 4) is 11.4 Å². The average molecular weight is 216 g/mol. The number of aromatic nitrogens is 2. The van der Waals surface area contributed by atoms with Gasteiger partial charge in [0.25, 0.3) is 5.69 Å². The van der Waals surface area contributed by atoms with E-state index in [0.717, 1.165) is 0 Å². The van der Waals surface area contributed by atoms with Gasteiger partial charge in [-0.15, -0.1) is 0 Å². The SMILES string of the molecule is Nc1ccc([N+](=O)[O-])c(-c2ccccn2)n1. The summed E-state index contributed by atoms with van der Waals surface area (Å²) in [6.45, 7) is 0. The molecular weight excluding hydrogens is 208 g/mol. The third-order valence-corrected chi connectivity index (χ3v) is 2.00. The molecule has 0 bridgehead atoms. The van der Waals surface area contributed by atoms with Crippen molar-refractivity contribution in [3.63, 3.8) is 0 Å². The predicted octanol–water partition coefficient (Wildman–Crippen LogP) is 1.63. The zero-order chi connectivity index (χ0) is 11.5. The van der Waals surface area contributed by atoms with Crippen LogP contribution in [-0.4, -0.2) is 14.9 Å². The molecular formula is C10H8N4O2. The second-order valence-electron chi connectivity index (χ2n) is 3.08. The highest BCUT2D eigenvalue weighted by Crippen LogP contribution is 2.26. The van der Waals surface area contributed by atoms with Gasteiger partial charge in [0.15, 0.2) is 5.69 Å². The van der Waals surface area contributed by atoms with Crippen molar-refractivity contribution in [1.82, 2.24) is 9.97 Å². The molecule has 2 rings (SSSR count). The van der Waals surface area contributed by atoms with Crippen molar-refractivity contribution in [2.24, 2.45) is 0 Å². The van der Waals surface area contributed by atoms with Crippen molar-refractivity contribution >= 4 is 11.5 Å². The van der Waals surface area contributed by atoms with E-state index in [2.05, 4.69) is 9.97 Å². The first-order chi connectivity index (χ1) is 7.68. The molecule has 6 heteroatoms. The van der Waals surface area contributed by atoms with Gasteiger partial charge in [-0.3, -0.25) is 15.1 Å². The summed E-state index contributed by atoms with van der Waals surface area (Å²) in [5, 5.41) is 10.8. The summed E-state index contributed by atoms with van der Waals surface area (Å²) in [6.07, 6.45) is 1.55. The standard InChI is InChI=1S/C10H8N4O2/c11-9-5-4-8(14(15)16)10(13-9)7-3-1-2-6-12-7/h1-6H,(H2,11,13). The molecule has 16 heavy (non-hydrogen) atoms. The summed E-state index contributed by atoms with van der Waals surface area (Å²) in [5.74, 6) is 0.228. The lowest BCUT2D eigenvalue weighted by Gasteiger charge is -2.01. The smallest absolute Gasteiger partial charge is 0.297 e. The number of anilines is 1. The largest absolute Gasteiger partial charge is 0.384 e. The molecule has 2 aromatic heterocycles. The van der Waals surface area contributed by atoms with Crippen LogP contribution in [0.5, 0.6) is 0 Å². The Bertz CT molecular complexity index is 528. The summed E-state index contributed by atoms with van der Waals surface area (Å²) in [4.78, 5) is 18.2. The summed E-state index contributed by atoms with van der Waals surface area (Å²) >= 11 is 0. The highest BCUT2D eigenvalue weighted by molar-refractivity contribution is 5.67. The van der Waals surface area contributed by atoms with Crippen LogP contribution in [0.3, 0.4) is 0 Å². The van der Waals surface area contributed by atoms with Crippen LogP contribution in [0.15, 0.2) is 36.5 Å². The Morgan fingerprint density at radius 2 is 2.06 bits per heavy atom. The second-order valence-corrected chi connectivity index (χ2v) is 3.08. The number of nitrogens with two attached hydrogens (primary N) is 1. The van der Waals surface area contributed by atoms with Gasteiger partial charge >= 0.3 is 0 Å². The molecule has 0 fully saturated rings. The predicted molar refractivity (Wildman–Crippen MR) is 58.5 cm³/mol. The van der Waals surface area contributed by atoms with Gasteiger partial charge in [-0.25, -0.2) is 4.98 Å². The molecule has 2 heterocycles. The molecule has 0 aliphatic rings. The van der Waals surface area contributed by atoms with E-state index in [1.54, 1.807) is 24.4 Å². The first-order valence-electron chi connectivity index (χ1n) is 4.51. The fourth-order valence-corrected chi connectivity index (χ4v) is 1.31. The molecule has 2 N–H and O–H groups in total. The van der Waals surface area contributed by atoms with Gasteiger partial charge in [-0.1, -0.05) is 6.07 Å². The van der Waals surface area contributed by atoms with E-state index in [4.69, 9.17) is 5.73 Å². The van der Waals surface area contributed by atoms with Crippen LogP contribution in [0, 0.1) is 10.1 Å². The van der Waals surface area contributed by atoms with Crippen LogP contribution >= 0.6 is 0 Å². The van der Waals surface area contributed by atoms with E-state index in [1.807, 2.05) is 0 Å². The second kappa shape index (κ2) is 3.93. The van der Waals surface area contributed by atoms with Gasteiger partial charge in [-0.05, 0) is 18.2 Å². The monoisotopic (exact) mass is 216 g/mol. The molecule has 0 amide bonds. The van der Waals surface area contributed by atoms with Gasteiger partial charge in [-0.2, -0.15) is 0 Å². The lowest BCUT2D eigenvalue weighted by atomic mass is 10.2. The van der Waals surface area contributed by atoms with Crippen molar-refractivity contribution in [3.05, 3.63) is 46.6 Å². The van der Waals surface area contributed by atoms with Crippen LogP contribution in [0.4, 0.5) is 11.5 Å². The molecule has 0 aliphatic heterocycles. The maximum atomic E-state index is 10.8. The van der Waals surface area contributed by atoms with Crippen LogP contribution in [0.25, 0.3) is 11.4 Å². The summed E-state index contributed by atoms with van der Waals surface area (Å²) in [5.41, 5.74) is 6.02. The van der Waals surface area contributed by atoms with Crippen LogP contribution in [0.2, 0.25) is 0 Å². The van der Waals surface area contributed by atoms with E-state index in [-0.39, 0.29) is 17.2 Å². The Morgan fingerprint density at radius 3 is 2.69 bits per heavy atom. The molecule has 2 aromatic rings. The number of nitro groups is 1. The van der Waals surface area contributed by atoms with E-state index < -0.39 is 4.92 Å². The van der Waals surface area contributed by atoms with Crippen LogP contribution in [-0.2, 0) is 0 Å². The Hall–Kier alpha value is -2.50. The van der Waals surface area contributed by atoms with Gasteiger partial charge in [0, 0.05) is 12.3 Å². The fourth-order valence-electron chi connectivity index (χ4n) is 1.31. The van der Waals surface area contributed by atoms with Crippen molar-refractivity contribution in [2.75, 3.05) is 5.73 Å². The van der Waals surface area contributed by atoms with E-state index in [9.17, 15) is 10.1 Å². The minimum atomic E-state index is -0.504. The Balaban J connectivity index is 2.63. The molecule has 0 spiro atoms. The van der Waals surface area contributed by atoms with Crippen molar-refractivity contribution < 1.29 is 4.92 Å². The number of rotatable bonds is 2. The summed E-state index contributed by atoms with van der Waals surface area (Å²) in [6, 6.07) is 7.82. The zero-order valence-corrected chi connectivity index (χ0v) is 8.20. The summed E-state index contributed by atoms with van der Waals surface area (Å²) in [7, 11) is 0. The Kier molecular flexibility index (Phi) is 2.47. The van der Waals surface area contributed by atoms with Gasteiger partial charge < -0.3 is 5.73 Å². The molecule has 0 atom stereocenters. The lowest BCUT2D eigenvalue weighted by Crippen LogP contribution is -1.99.